The van der Waals surface area contributed by atoms with Crippen molar-refractivity contribution in [1.82, 2.24) is 9.58 Å². The van der Waals surface area contributed by atoms with Crippen molar-refractivity contribution in [3.05, 3.63) is 56.8 Å². The number of carbonyl (C=O) groups excluding carboxylic acids is 1. The fraction of sp³-hybridized carbons (Fsp3) is 0.273. The number of hydrogen-bond acceptors (Lipinski definition) is 4. The molecule has 0 saturated heterocycles. The zero-order chi connectivity index (χ0) is 22.4. The molecule has 6 nitrogen and oxygen atoms in total. The lowest BCUT2D eigenvalue weighted by Gasteiger charge is -2.20. The van der Waals surface area contributed by atoms with E-state index < -0.39 is 5.91 Å². The number of rotatable bonds is 4. The number of aryl methyl sites for hydroxylation is 1. The molecular formula is C22H21Cl2N5OS. The molecule has 0 saturated carbocycles. The van der Waals surface area contributed by atoms with Gasteiger partial charge in [0.15, 0.2) is 5.84 Å². The van der Waals surface area contributed by atoms with E-state index in [1.54, 1.807) is 18.2 Å². The number of nitrogens with one attached hydrogen (secondary N) is 1. The fourth-order valence-corrected chi connectivity index (χ4v) is 5.18. The topological polar surface area (TPSA) is 73.8 Å². The van der Waals surface area contributed by atoms with Crippen molar-refractivity contribution in [2.24, 2.45) is 16.0 Å². The van der Waals surface area contributed by atoms with E-state index in [4.69, 9.17) is 28.6 Å². The molecule has 0 unspecified atom stereocenters. The van der Waals surface area contributed by atoms with Crippen molar-refractivity contribution < 1.29 is 4.79 Å². The molecule has 1 aromatic carbocycles. The largest absolute Gasteiger partial charge is 0.316 e. The zero-order valence-corrected chi connectivity index (χ0v) is 19.9. The first-order valence-corrected chi connectivity index (χ1v) is 11.4. The third-order valence-corrected chi connectivity index (χ3v) is 6.47. The van der Waals surface area contributed by atoms with Crippen LogP contribution in [0.5, 0.6) is 0 Å². The van der Waals surface area contributed by atoms with Crippen LogP contribution < -0.4 is 0 Å². The Labute approximate surface area is 195 Å². The molecule has 0 fully saturated rings. The summed E-state index contributed by atoms with van der Waals surface area (Å²) < 4.78 is 2.00. The molecule has 3 heterocycles. The zero-order valence-electron chi connectivity index (χ0n) is 17.5. The van der Waals surface area contributed by atoms with Crippen molar-refractivity contribution in [3.8, 4) is 5.69 Å². The molecule has 2 aromatic rings. The number of hydrazone groups is 1. The average molecular weight is 474 g/mol. The summed E-state index contributed by atoms with van der Waals surface area (Å²) in [5.41, 5.74) is 3.66. The molecular weight excluding hydrogens is 453 g/mol. The third kappa shape index (κ3) is 4.10. The normalized spacial score (nSPS) is 17.5. The number of fused-ring (bicyclic) bond motifs is 1. The minimum absolute atomic E-state index is 0.0376. The summed E-state index contributed by atoms with van der Waals surface area (Å²) in [6.07, 6.45) is 2.48. The Kier molecular flexibility index (Phi) is 5.85. The molecule has 2 aliphatic heterocycles. The second-order valence-electron chi connectivity index (χ2n) is 7.87. The van der Waals surface area contributed by atoms with Gasteiger partial charge in [0.05, 0.1) is 16.3 Å². The molecule has 0 radical (unpaired) electrons. The van der Waals surface area contributed by atoms with Crippen LogP contribution >= 0.6 is 35.0 Å². The quantitative estimate of drug-likeness (QED) is 0.547. The maximum Gasteiger partial charge on any atom is 0.283 e. The van der Waals surface area contributed by atoms with Gasteiger partial charge in [0.1, 0.15) is 5.04 Å². The highest BCUT2D eigenvalue weighted by molar-refractivity contribution is 8.26. The minimum Gasteiger partial charge on any atom is -0.316 e. The Bertz CT molecular complexity index is 1210. The van der Waals surface area contributed by atoms with Gasteiger partial charge in [0, 0.05) is 22.8 Å². The summed E-state index contributed by atoms with van der Waals surface area (Å²) in [7, 11) is 0. The Morgan fingerprint density at radius 1 is 1.23 bits per heavy atom. The summed E-state index contributed by atoms with van der Waals surface area (Å²) in [5.74, 6) is 0.0350. The van der Waals surface area contributed by atoms with Crippen molar-refractivity contribution in [1.29, 1.82) is 5.41 Å². The molecule has 0 spiro atoms. The molecule has 2 aliphatic rings. The van der Waals surface area contributed by atoms with Crippen LogP contribution in [0.4, 0.5) is 0 Å². The highest BCUT2D eigenvalue weighted by Crippen LogP contribution is 2.33. The van der Waals surface area contributed by atoms with Crippen LogP contribution in [0.1, 0.15) is 37.2 Å². The van der Waals surface area contributed by atoms with Crippen molar-refractivity contribution in [2.45, 2.75) is 34.1 Å². The third-order valence-electron chi connectivity index (χ3n) is 5.00. The first-order chi connectivity index (χ1) is 14.7. The van der Waals surface area contributed by atoms with Crippen molar-refractivity contribution >= 4 is 63.0 Å². The standard InChI is InChI=1S/C22H21Cl2N5OS/c1-11(2)7-19-27-29-20(25)16(21(30)26-22(29)31-19)9-14-8-12(3)28(13(14)4)18-6-5-15(23)10-17(18)24/h5-6,8-11,25H,7H2,1-4H3/b16-9+,25-20?. The van der Waals surface area contributed by atoms with Gasteiger partial charge in [-0.15, -0.1) is 0 Å². The SMILES string of the molecule is Cc1cc(/C=C2\C(=N)N3N=C(CC(C)C)SC3=NC2=O)c(C)n1-c1ccc(Cl)cc1Cl. The number of benzene rings is 1. The average Bonchev–Trinajstić information content (AvgIpc) is 3.19. The number of nitrogens with zero attached hydrogens (tertiary/aromatic N) is 4. The predicted molar refractivity (Wildman–Crippen MR) is 130 cm³/mol. The van der Waals surface area contributed by atoms with E-state index >= 15 is 0 Å². The van der Waals surface area contributed by atoms with E-state index in [9.17, 15) is 4.79 Å². The van der Waals surface area contributed by atoms with Crippen LogP contribution in [0, 0.1) is 25.2 Å². The maximum atomic E-state index is 12.7. The smallest absolute Gasteiger partial charge is 0.283 e. The van der Waals surface area contributed by atoms with Crippen molar-refractivity contribution in [2.75, 3.05) is 0 Å². The molecule has 0 atom stereocenters. The van der Waals surface area contributed by atoms with Gasteiger partial charge in [-0.3, -0.25) is 10.2 Å². The molecule has 1 N–H and O–H groups in total. The highest BCUT2D eigenvalue weighted by Gasteiger charge is 2.35. The lowest BCUT2D eigenvalue weighted by molar-refractivity contribution is -0.114. The number of amides is 1. The van der Waals surface area contributed by atoms with Crippen LogP contribution in [0.15, 0.2) is 39.9 Å². The van der Waals surface area contributed by atoms with Gasteiger partial charge in [-0.05, 0) is 67.4 Å². The van der Waals surface area contributed by atoms with E-state index in [0.717, 1.165) is 34.1 Å². The van der Waals surface area contributed by atoms with Gasteiger partial charge in [0.2, 0.25) is 5.17 Å². The van der Waals surface area contributed by atoms with Crippen LogP contribution in [0.25, 0.3) is 11.8 Å². The van der Waals surface area contributed by atoms with Crippen LogP contribution in [0.3, 0.4) is 0 Å². The lowest BCUT2D eigenvalue weighted by Crippen LogP contribution is -2.35. The Balaban J connectivity index is 1.72. The summed E-state index contributed by atoms with van der Waals surface area (Å²) in [4.78, 5) is 16.9. The molecule has 0 aliphatic carbocycles. The Morgan fingerprint density at radius 2 is 1.97 bits per heavy atom. The molecule has 160 valence electrons. The van der Waals surface area contributed by atoms with Gasteiger partial charge >= 0.3 is 0 Å². The number of hydrogen-bond donors (Lipinski definition) is 1. The molecule has 31 heavy (non-hydrogen) atoms. The first-order valence-electron chi connectivity index (χ1n) is 9.79. The first kappa shape index (κ1) is 21.9. The van der Waals surface area contributed by atoms with E-state index in [2.05, 4.69) is 23.9 Å². The molecule has 1 amide bonds. The van der Waals surface area contributed by atoms with Gasteiger partial charge in [-0.25, -0.2) is 0 Å². The number of thioether (sulfide) groups is 1. The van der Waals surface area contributed by atoms with Crippen LogP contribution in [-0.4, -0.2) is 31.5 Å². The highest BCUT2D eigenvalue weighted by atomic mass is 35.5. The maximum absolute atomic E-state index is 12.7. The molecule has 9 heteroatoms. The molecule has 1 aromatic heterocycles. The second kappa shape index (κ2) is 8.30. The number of amidine groups is 2. The number of aromatic nitrogens is 1. The van der Waals surface area contributed by atoms with Gasteiger partial charge in [0.25, 0.3) is 5.91 Å². The summed E-state index contributed by atoms with van der Waals surface area (Å²) in [5, 5.41) is 16.9. The van der Waals surface area contributed by atoms with E-state index in [1.165, 1.54) is 16.8 Å². The minimum atomic E-state index is -0.431. The Hall–Kier alpha value is -2.35. The number of halogens is 2. The monoisotopic (exact) mass is 473 g/mol. The summed E-state index contributed by atoms with van der Waals surface area (Å²) in [6, 6.07) is 7.30. The fourth-order valence-electron chi connectivity index (χ4n) is 3.59. The van der Waals surface area contributed by atoms with E-state index in [1.807, 2.05) is 30.5 Å². The summed E-state index contributed by atoms with van der Waals surface area (Å²) >= 11 is 13.8. The number of aliphatic imine (C=N–C) groups is 1. The van der Waals surface area contributed by atoms with E-state index in [0.29, 0.717) is 21.1 Å². The van der Waals surface area contributed by atoms with Crippen LogP contribution in [-0.2, 0) is 4.79 Å². The van der Waals surface area contributed by atoms with Gasteiger partial charge in [-0.2, -0.15) is 15.1 Å². The van der Waals surface area contributed by atoms with Gasteiger partial charge in [-0.1, -0.05) is 37.0 Å². The predicted octanol–water partition coefficient (Wildman–Crippen LogP) is 6.07. The number of carbonyl (C=O) groups is 1. The van der Waals surface area contributed by atoms with Gasteiger partial charge < -0.3 is 4.57 Å². The van der Waals surface area contributed by atoms with E-state index in [-0.39, 0.29) is 11.4 Å². The molecule has 4 rings (SSSR count). The van der Waals surface area contributed by atoms with Crippen molar-refractivity contribution in [3.63, 3.8) is 0 Å². The molecule has 0 bridgehead atoms. The second-order valence-corrected chi connectivity index (χ2v) is 9.75. The lowest BCUT2D eigenvalue weighted by atomic mass is 10.1. The summed E-state index contributed by atoms with van der Waals surface area (Å²) in [6.45, 7) is 8.11. The Morgan fingerprint density at radius 3 is 2.65 bits per heavy atom. The van der Waals surface area contributed by atoms with Crippen LogP contribution in [0.2, 0.25) is 10.0 Å².